The van der Waals surface area contributed by atoms with E-state index in [1.54, 1.807) is 18.2 Å². The van der Waals surface area contributed by atoms with Crippen molar-refractivity contribution in [2.45, 2.75) is 24.4 Å². The maximum absolute atomic E-state index is 13.7. The first-order valence-corrected chi connectivity index (χ1v) is 5.90. The molecule has 0 bridgehead atoms. The van der Waals surface area contributed by atoms with E-state index in [1.165, 1.54) is 13.2 Å². The van der Waals surface area contributed by atoms with Crippen LogP contribution in [0.5, 0.6) is 0 Å². The number of ether oxygens (including phenoxy) is 1. The molecule has 1 aromatic rings. The lowest BCUT2D eigenvalue weighted by Crippen LogP contribution is -2.47. The highest BCUT2D eigenvalue weighted by Gasteiger charge is 2.47. The molecule has 1 fully saturated rings. The summed E-state index contributed by atoms with van der Waals surface area (Å²) < 4.78 is 18.5. The Morgan fingerprint density at radius 1 is 1.56 bits per heavy atom. The third-order valence-corrected chi connectivity index (χ3v) is 3.18. The lowest BCUT2D eigenvalue weighted by atomic mass is 10.0. The van der Waals surface area contributed by atoms with Crippen molar-refractivity contribution in [2.24, 2.45) is 5.73 Å². The van der Waals surface area contributed by atoms with Gasteiger partial charge in [0.25, 0.3) is 0 Å². The molecular formula is C13H17FN2O2. The van der Waals surface area contributed by atoms with E-state index in [1.807, 2.05) is 0 Å². The zero-order valence-corrected chi connectivity index (χ0v) is 10.3. The zero-order chi connectivity index (χ0) is 13.2. The number of carbonyl (C=O) groups is 1. The van der Waals surface area contributed by atoms with Crippen LogP contribution in [0, 0.1) is 5.82 Å². The molecule has 1 aliphatic rings. The third-order valence-electron chi connectivity index (χ3n) is 3.18. The SMILES string of the molecule is COCC(N)C(=O)NC1(c2ccccc2F)CC1. The van der Waals surface area contributed by atoms with Crippen molar-refractivity contribution < 1.29 is 13.9 Å². The fourth-order valence-corrected chi connectivity index (χ4v) is 2.02. The Bertz CT molecular complexity index is 446. The number of rotatable bonds is 5. The summed E-state index contributed by atoms with van der Waals surface area (Å²) in [5, 5.41) is 2.83. The van der Waals surface area contributed by atoms with E-state index in [2.05, 4.69) is 5.32 Å². The molecule has 5 heteroatoms. The van der Waals surface area contributed by atoms with Crippen LogP contribution >= 0.6 is 0 Å². The van der Waals surface area contributed by atoms with Gasteiger partial charge in [-0.05, 0) is 18.9 Å². The molecule has 0 heterocycles. The van der Waals surface area contributed by atoms with Gasteiger partial charge >= 0.3 is 0 Å². The Balaban J connectivity index is 2.09. The summed E-state index contributed by atoms with van der Waals surface area (Å²) in [7, 11) is 1.48. The van der Waals surface area contributed by atoms with Crippen molar-refractivity contribution in [3.05, 3.63) is 35.6 Å². The predicted molar refractivity (Wildman–Crippen MR) is 65.3 cm³/mol. The fraction of sp³-hybridized carbons (Fsp3) is 0.462. The molecule has 98 valence electrons. The number of carbonyl (C=O) groups excluding carboxylic acids is 1. The lowest BCUT2D eigenvalue weighted by Gasteiger charge is -2.21. The van der Waals surface area contributed by atoms with E-state index in [-0.39, 0.29) is 18.3 Å². The number of nitrogens with two attached hydrogens (primary N) is 1. The second kappa shape index (κ2) is 5.04. The first kappa shape index (κ1) is 13.0. The van der Waals surface area contributed by atoms with Gasteiger partial charge in [0.2, 0.25) is 5.91 Å². The average molecular weight is 252 g/mol. The highest BCUT2D eigenvalue weighted by atomic mass is 19.1. The van der Waals surface area contributed by atoms with Gasteiger partial charge in [-0.25, -0.2) is 4.39 Å². The molecule has 1 aromatic carbocycles. The minimum Gasteiger partial charge on any atom is -0.383 e. The second-order valence-electron chi connectivity index (χ2n) is 4.61. The largest absolute Gasteiger partial charge is 0.383 e. The summed E-state index contributed by atoms with van der Waals surface area (Å²) in [6.45, 7) is 0.152. The van der Waals surface area contributed by atoms with E-state index in [0.29, 0.717) is 5.56 Å². The number of methoxy groups -OCH3 is 1. The lowest BCUT2D eigenvalue weighted by molar-refractivity contribution is -0.124. The van der Waals surface area contributed by atoms with Crippen LogP contribution in [-0.2, 0) is 15.1 Å². The molecule has 1 atom stereocenters. The van der Waals surface area contributed by atoms with Gasteiger partial charge in [0.15, 0.2) is 0 Å². The van der Waals surface area contributed by atoms with Crippen molar-refractivity contribution in [1.82, 2.24) is 5.32 Å². The maximum atomic E-state index is 13.7. The molecule has 1 saturated carbocycles. The summed E-state index contributed by atoms with van der Waals surface area (Å²) in [6.07, 6.45) is 1.47. The molecule has 2 rings (SSSR count). The molecule has 1 aliphatic carbocycles. The van der Waals surface area contributed by atoms with Crippen LogP contribution in [-0.4, -0.2) is 25.7 Å². The highest BCUT2D eigenvalue weighted by Crippen LogP contribution is 2.46. The van der Waals surface area contributed by atoms with Gasteiger partial charge in [0.05, 0.1) is 12.1 Å². The first-order valence-electron chi connectivity index (χ1n) is 5.90. The minimum absolute atomic E-state index is 0.152. The van der Waals surface area contributed by atoms with E-state index in [0.717, 1.165) is 12.8 Å². The van der Waals surface area contributed by atoms with Gasteiger partial charge in [-0.3, -0.25) is 4.79 Å². The van der Waals surface area contributed by atoms with Crippen LogP contribution < -0.4 is 11.1 Å². The summed E-state index contributed by atoms with van der Waals surface area (Å²) in [5.74, 6) is -0.604. The fourth-order valence-electron chi connectivity index (χ4n) is 2.02. The third kappa shape index (κ3) is 2.52. The number of nitrogens with one attached hydrogen (secondary N) is 1. The van der Waals surface area contributed by atoms with Gasteiger partial charge in [-0.1, -0.05) is 18.2 Å². The average Bonchev–Trinajstić information content (AvgIpc) is 3.10. The Kier molecular flexibility index (Phi) is 3.63. The van der Waals surface area contributed by atoms with Crippen LogP contribution in [0.1, 0.15) is 18.4 Å². The monoisotopic (exact) mass is 252 g/mol. The molecule has 0 aromatic heterocycles. The molecule has 0 saturated heterocycles. The number of benzene rings is 1. The standard InChI is InChI=1S/C13H17FN2O2/c1-18-8-11(15)12(17)16-13(6-7-13)9-4-2-3-5-10(9)14/h2-5,11H,6-8,15H2,1H3,(H,16,17). The highest BCUT2D eigenvalue weighted by molar-refractivity contribution is 5.83. The topological polar surface area (TPSA) is 64.3 Å². The van der Waals surface area contributed by atoms with E-state index in [9.17, 15) is 9.18 Å². The van der Waals surface area contributed by atoms with E-state index >= 15 is 0 Å². The van der Waals surface area contributed by atoms with Crippen molar-refractivity contribution >= 4 is 5.91 Å². The quantitative estimate of drug-likeness (QED) is 0.818. The number of hydrogen-bond donors (Lipinski definition) is 2. The molecule has 4 nitrogen and oxygen atoms in total. The molecule has 18 heavy (non-hydrogen) atoms. The molecule has 0 spiro atoms. The van der Waals surface area contributed by atoms with Gasteiger partial charge in [-0.2, -0.15) is 0 Å². The van der Waals surface area contributed by atoms with Crippen LogP contribution in [0.2, 0.25) is 0 Å². The molecule has 1 unspecified atom stereocenters. The molecule has 3 N–H and O–H groups in total. The smallest absolute Gasteiger partial charge is 0.240 e. The van der Waals surface area contributed by atoms with Gasteiger partial charge in [-0.15, -0.1) is 0 Å². The maximum Gasteiger partial charge on any atom is 0.240 e. The molecular weight excluding hydrogens is 235 g/mol. The molecule has 0 radical (unpaired) electrons. The van der Waals surface area contributed by atoms with Gasteiger partial charge < -0.3 is 15.8 Å². The number of amides is 1. The second-order valence-corrected chi connectivity index (χ2v) is 4.61. The van der Waals surface area contributed by atoms with Crippen molar-refractivity contribution in [3.8, 4) is 0 Å². The summed E-state index contributed by atoms with van der Waals surface area (Å²) >= 11 is 0. The zero-order valence-electron chi connectivity index (χ0n) is 10.3. The van der Waals surface area contributed by atoms with Crippen molar-refractivity contribution in [1.29, 1.82) is 0 Å². The van der Waals surface area contributed by atoms with Gasteiger partial charge in [0, 0.05) is 12.7 Å². The van der Waals surface area contributed by atoms with E-state index in [4.69, 9.17) is 10.5 Å². The predicted octanol–water partition coefficient (Wildman–Crippen LogP) is 0.905. The first-order chi connectivity index (χ1) is 8.59. The Hall–Kier alpha value is -1.46. The summed E-state index contributed by atoms with van der Waals surface area (Å²) in [6, 6.07) is 5.77. The number of hydrogen-bond acceptors (Lipinski definition) is 3. The van der Waals surface area contributed by atoms with Crippen LogP contribution in [0.3, 0.4) is 0 Å². The summed E-state index contributed by atoms with van der Waals surface area (Å²) in [4.78, 5) is 11.8. The molecule has 0 aliphatic heterocycles. The Morgan fingerprint density at radius 3 is 2.78 bits per heavy atom. The Morgan fingerprint density at radius 2 is 2.22 bits per heavy atom. The molecule has 1 amide bonds. The number of halogens is 1. The minimum atomic E-state index is -0.723. The Labute approximate surface area is 105 Å². The normalized spacial score (nSPS) is 18.2. The van der Waals surface area contributed by atoms with Gasteiger partial charge in [0.1, 0.15) is 11.9 Å². The van der Waals surface area contributed by atoms with Crippen molar-refractivity contribution in [2.75, 3.05) is 13.7 Å². The summed E-state index contributed by atoms with van der Waals surface area (Å²) in [5.41, 5.74) is 5.60. The van der Waals surface area contributed by atoms with Crippen LogP contribution in [0.4, 0.5) is 4.39 Å². The van der Waals surface area contributed by atoms with Crippen LogP contribution in [0.25, 0.3) is 0 Å². The van der Waals surface area contributed by atoms with E-state index < -0.39 is 11.6 Å². The van der Waals surface area contributed by atoms with Crippen LogP contribution in [0.15, 0.2) is 24.3 Å². The van der Waals surface area contributed by atoms with Crippen molar-refractivity contribution in [3.63, 3.8) is 0 Å².